The second-order valence-corrected chi connectivity index (χ2v) is 9.62. The van der Waals surface area contributed by atoms with E-state index in [0.717, 1.165) is 61.6 Å². The topological polar surface area (TPSA) is 37.2 Å². The molecule has 0 saturated heterocycles. The van der Waals surface area contributed by atoms with Crippen LogP contribution in [0.1, 0.15) is 0 Å². The van der Waals surface area contributed by atoms with Crippen LogP contribution in [0.3, 0.4) is 0 Å². The minimum Gasteiger partial charge on any atom is -0.306 e. The third-order valence-electron chi connectivity index (χ3n) is 7.36. The van der Waals surface area contributed by atoms with E-state index in [1.54, 1.807) is 4.80 Å². The maximum atomic E-state index is 5.01. The summed E-state index contributed by atoms with van der Waals surface area (Å²) in [6.07, 6.45) is 0. The molecule has 5 nitrogen and oxygen atoms in total. The number of hydrogen-bond acceptors (Lipinski definition) is 4. The van der Waals surface area contributed by atoms with E-state index in [2.05, 4.69) is 137 Å². The molecule has 0 radical (unpaired) electrons. The number of anilines is 6. The van der Waals surface area contributed by atoms with Crippen LogP contribution in [-0.4, -0.2) is 15.0 Å². The monoisotopic (exact) mass is 501 g/mol. The predicted molar refractivity (Wildman–Crippen MR) is 159 cm³/mol. The summed E-state index contributed by atoms with van der Waals surface area (Å²) in [6, 6.07) is 48.5. The molecule has 184 valence electrons. The van der Waals surface area contributed by atoms with E-state index in [0.29, 0.717) is 0 Å². The average Bonchev–Trinajstić information content (AvgIpc) is 3.45. The van der Waals surface area contributed by atoms with Gasteiger partial charge in [0.05, 0.1) is 28.4 Å². The van der Waals surface area contributed by atoms with Gasteiger partial charge in [-0.15, -0.1) is 15.0 Å². The minimum absolute atomic E-state index is 0.873. The second-order valence-electron chi connectivity index (χ2n) is 9.62. The molecule has 1 aliphatic heterocycles. The summed E-state index contributed by atoms with van der Waals surface area (Å²) in [5.74, 6) is 0. The summed E-state index contributed by atoms with van der Waals surface area (Å²) in [5.41, 5.74) is 9.23. The molecule has 0 aliphatic carbocycles. The van der Waals surface area contributed by atoms with Gasteiger partial charge in [0.2, 0.25) is 0 Å². The van der Waals surface area contributed by atoms with E-state index in [1.165, 1.54) is 0 Å². The van der Waals surface area contributed by atoms with Crippen molar-refractivity contribution in [3.63, 3.8) is 0 Å². The molecular weight excluding hydrogens is 478 g/mol. The van der Waals surface area contributed by atoms with Gasteiger partial charge in [-0.3, -0.25) is 0 Å². The summed E-state index contributed by atoms with van der Waals surface area (Å²) >= 11 is 0. The minimum atomic E-state index is 0.873. The number of rotatable bonds is 3. The van der Waals surface area contributed by atoms with Gasteiger partial charge in [0.1, 0.15) is 16.7 Å². The summed E-state index contributed by atoms with van der Waals surface area (Å²) < 4.78 is 0. The molecule has 0 amide bonds. The zero-order valence-corrected chi connectivity index (χ0v) is 21.0. The molecule has 8 rings (SSSR count). The standard InChI is InChI=1S/C34H23N5/c1-2-13-25(14-3-1)37-28-16-6-8-18-30(28)38(31-19-9-7-17-29(31)37)32-20-10-11-21-33(32)39-35-27-23-22-24-12-4-5-15-26(24)34(27)36-39/h1-23H. The van der Waals surface area contributed by atoms with Crippen LogP contribution in [-0.2, 0) is 0 Å². The Morgan fingerprint density at radius 2 is 0.897 bits per heavy atom. The fourth-order valence-electron chi connectivity index (χ4n) is 5.64. The number of hydrogen-bond donors (Lipinski definition) is 0. The zero-order chi connectivity index (χ0) is 25.8. The highest BCUT2D eigenvalue weighted by molar-refractivity contribution is 6.04. The lowest BCUT2D eigenvalue weighted by atomic mass is 10.0. The normalized spacial score (nSPS) is 12.5. The van der Waals surface area contributed by atoms with Gasteiger partial charge >= 0.3 is 0 Å². The molecule has 0 N–H and O–H groups in total. The van der Waals surface area contributed by atoms with Gasteiger partial charge in [0, 0.05) is 11.1 Å². The van der Waals surface area contributed by atoms with Crippen molar-refractivity contribution in [1.82, 2.24) is 15.0 Å². The Morgan fingerprint density at radius 3 is 1.56 bits per heavy atom. The second kappa shape index (κ2) is 8.57. The van der Waals surface area contributed by atoms with E-state index < -0.39 is 0 Å². The lowest BCUT2D eigenvalue weighted by molar-refractivity contribution is 0.766. The number of nitrogens with zero attached hydrogens (tertiary/aromatic N) is 5. The number of para-hydroxylation sites is 7. The summed E-state index contributed by atoms with van der Waals surface area (Å²) in [4.78, 5) is 6.43. The molecule has 1 aliphatic rings. The van der Waals surface area contributed by atoms with Crippen LogP contribution in [0.25, 0.3) is 27.5 Å². The van der Waals surface area contributed by atoms with Crippen LogP contribution in [0.5, 0.6) is 0 Å². The summed E-state index contributed by atoms with van der Waals surface area (Å²) in [6.45, 7) is 0. The first-order chi connectivity index (χ1) is 19.4. The Labute approximate surface area is 225 Å². The Kier molecular flexibility index (Phi) is 4.76. The quantitative estimate of drug-likeness (QED) is 0.242. The van der Waals surface area contributed by atoms with Gasteiger partial charge in [0.15, 0.2) is 0 Å². The highest BCUT2D eigenvalue weighted by Gasteiger charge is 2.31. The SMILES string of the molecule is c1ccc(N2c3ccccc3N(c3ccccc3-n3nc4ccc5ccccc5c4n3)c3ccccc32)cc1. The van der Waals surface area contributed by atoms with Crippen molar-refractivity contribution in [2.75, 3.05) is 9.80 Å². The first kappa shape index (κ1) is 21.6. The first-order valence-electron chi connectivity index (χ1n) is 13.0. The maximum absolute atomic E-state index is 5.01. The van der Waals surface area contributed by atoms with Crippen molar-refractivity contribution in [3.8, 4) is 5.69 Å². The van der Waals surface area contributed by atoms with Crippen LogP contribution < -0.4 is 9.80 Å². The van der Waals surface area contributed by atoms with Crippen molar-refractivity contribution in [1.29, 1.82) is 0 Å². The average molecular weight is 502 g/mol. The third-order valence-corrected chi connectivity index (χ3v) is 7.36. The Morgan fingerprint density at radius 1 is 0.385 bits per heavy atom. The molecular formula is C34H23N5. The molecule has 1 aromatic heterocycles. The fraction of sp³-hybridized carbons (Fsp3) is 0. The van der Waals surface area contributed by atoms with Crippen molar-refractivity contribution in [3.05, 3.63) is 140 Å². The maximum Gasteiger partial charge on any atom is 0.121 e. The molecule has 7 aromatic rings. The summed E-state index contributed by atoms with van der Waals surface area (Å²) in [7, 11) is 0. The van der Waals surface area contributed by atoms with E-state index in [1.807, 2.05) is 12.1 Å². The van der Waals surface area contributed by atoms with Crippen LogP contribution in [0, 0.1) is 0 Å². The molecule has 0 spiro atoms. The van der Waals surface area contributed by atoms with Crippen molar-refractivity contribution >= 4 is 55.9 Å². The highest BCUT2D eigenvalue weighted by Crippen LogP contribution is 2.54. The lowest BCUT2D eigenvalue weighted by Crippen LogP contribution is -2.24. The van der Waals surface area contributed by atoms with Crippen molar-refractivity contribution < 1.29 is 0 Å². The highest BCUT2D eigenvalue weighted by atomic mass is 15.5. The van der Waals surface area contributed by atoms with Gasteiger partial charge in [-0.05, 0) is 60.0 Å². The Hall–Kier alpha value is -5.42. The van der Waals surface area contributed by atoms with Gasteiger partial charge in [-0.1, -0.05) is 84.9 Å². The predicted octanol–water partition coefficient (Wildman–Crippen LogP) is 8.83. The van der Waals surface area contributed by atoms with Crippen LogP contribution in [0.15, 0.2) is 140 Å². The molecule has 0 bridgehead atoms. The van der Waals surface area contributed by atoms with E-state index in [-0.39, 0.29) is 0 Å². The number of aromatic nitrogens is 3. The zero-order valence-electron chi connectivity index (χ0n) is 21.0. The smallest absolute Gasteiger partial charge is 0.121 e. The Balaban J connectivity index is 1.36. The Bertz CT molecular complexity index is 1950. The molecule has 39 heavy (non-hydrogen) atoms. The van der Waals surface area contributed by atoms with Crippen LogP contribution in [0.2, 0.25) is 0 Å². The third kappa shape index (κ3) is 3.33. The molecule has 5 heteroatoms. The molecule has 0 saturated carbocycles. The molecule has 0 atom stereocenters. The molecule has 0 fully saturated rings. The van der Waals surface area contributed by atoms with E-state index in [4.69, 9.17) is 10.2 Å². The van der Waals surface area contributed by atoms with Crippen molar-refractivity contribution in [2.24, 2.45) is 0 Å². The van der Waals surface area contributed by atoms with Gasteiger partial charge in [0.25, 0.3) is 0 Å². The number of benzene rings is 6. The van der Waals surface area contributed by atoms with E-state index in [9.17, 15) is 0 Å². The number of fused-ring (bicyclic) bond motifs is 5. The molecule has 2 heterocycles. The van der Waals surface area contributed by atoms with Gasteiger partial charge in [-0.25, -0.2) is 0 Å². The molecule has 0 unspecified atom stereocenters. The van der Waals surface area contributed by atoms with Crippen LogP contribution >= 0.6 is 0 Å². The molecule has 6 aromatic carbocycles. The summed E-state index contributed by atoms with van der Waals surface area (Å²) in [5, 5.41) is 12.2. The van der Waals surface area contributed by atoms with Crippen LogP contribution in [0.4, 0.5) is 34.1 Å². The van der Waals surface area contributed by atoms with Gasteiger partial charge < -0.3 is 9.80 Å². The van der Waals surface area contributed by atoms with E-state index >= 15 is 0 Å². The fourth-order valence-corrected chi connectivity index (χ4v) is 5.64. The largest absolute Gasteiger partial charge is 0.306 e. The van der Waals surface area contributed by atoms with Crippen molar-refractivity contribution in [2.45, 2.75) is 0 Å². The van der Waals surface area contributed by atoms with Gasteiger partial charge in [-0.2, -0.15) is 0 Å². The first-order valence-corrected chi connectivity index (χ1v) is 13.0. The lowest BCUT2D eigenvalue weighted by Gasteiger charge is -2.40.